The second-order valence-corrected chi connectivity index (χ2v) is 11.7. The molecule has 10 nitrogen and oxygen atoms in total. The van der Waals surface area contributed by atoms with E-state index in [1.807, 2.05) is 20.2 Å². The molecule has 216 valence electrons. The Balaban J connectivity index is 0.00000420. The van der Waals surface area contributed by atoms with E-state index in [0.29, 0.717) is 61.0 Å². The molecule has 0 bridgehead atoms. The summed E-state index contributed by atoms with van der Waals surface area (Å²) in [5.74, 6) is 0.776. The molecule has 0 spiro atoms. The van der Waals surface area contributed by atoms with Gasteiger partial charge in [-0.25, -0.2) is 13.4 Å². The Hall–Kier alpha value is -2.44. The molecular formula is C27H40ClN5O5S. The van der Waals surface area contributed by atoms with E-state index in [2.05, 4.69) is 16.8 Å². The number of H-pyrrole nitrogens is 1. The molecule has 3 heterocycles. The summed E-state index contributed by atoms with van der Waals surface area (Å²) in [6, 6.07) is 4.80. The van der Waals surface area contributed by atoms with Crippen molar-refractivity contribution in [1.29, 1.82) is 0 Å². The van der Waals surface area contributed by atoms with Gasteiger partial charge in [-0.2, -0.15) is 4.31 Å². The Kier molecular flexibility index (Phi) is 11.0. The van der Waals surface area contributed by atoms with Gasteiger partial charge >= 0.3 is 0 Å². The van der Waals surface area contributed by atoms with Gasteiger partial charge in [0.2, 0.25) is 10.0 Å². The summed E-state index contributed by atoms with van der Waals surface area (Å²) in [5.41, 5.74) is 2.28. The molecule has 1 aromatic carbocycles. The monoisotopic (exact) mass is 581 g/mol. The molecule has 12 heteroatoms. The second kappa shape index (κ2) is 13.8. The van der Waals surface area contributed by atoms with Crippen LogP contribution in [-0.4, -0.2) is 83.2 Å². The first-order valence-corrected chi connectivity index (χ1v) is 14.9. The van der Waals surface area contributed by atoms with Gasteiger partial charge in [0, 0.05) is 46.0 Å². The van der Waals surface area contributed by atoms with Gasteiger partial charge in [-0.3, -0.25) is 4.79 Å². The van der Waals surface area contributed by atoms with Crippen molar-refractivity contribution in [2.75, 3.05) is 45.9 Å². The minimum absolute atomic E-state index is 0. The van der Waals surface area contributed by atoms with Crippen LogP contribution in [-0.2, 0) is 23.5 Å². The lowest BCUT2D eigenvalue weighted by Gasteiger charge is -2.34. The third-order valence-electron chi connectivity index (χ3n) is 6.94. The van der Waals surface area contributed by atoms with Gasteiger partial charge in [-0.15, -0.1) is 12.4 Å². The summed E-state index contributed by atoms with van der Waals surface area (Å²) in [6.07, 6.45) is 6.05. The number of piperazine rings is 1. The third kappa shape index (κ3) is 6.83. The maximum atomic E-state index is 13.6. The first-order chi connectivity index (χ1) is 18.3. The highest BCUT2D eigenvalue weighted by atomic mass is 35.5. The van der Waals surface area contributed by atoms with Gasteiger partial charge < -0.3 is 24.3 Å². The number of fused-ring (bicyclic) bond motifs is 1. The Morgan fingerprint density at radius 3 is 2.51 bits per heavy atom. The summed E-state index contributed by atoms with van der Waals surface area (Å²) in [7, 11) is -1.93. The number of sulfonamides is 1. The molecule has 1 saturated heterocycles. The Bertz CT molecular complexity index is 1410. The van der Waals surface area contributed by atoms with E-state index in [4.69, 9.17) is 14.8 Å². The Labute approximate surface area is 236 Å². The van der Waals surface area contributed by atoms with Crippen molar-refractivity contribution in [3.63, 3.8) is 0 Å². The standard InChI is InChI=1S/C27H39N5O5S.ClH/c1-4-8-20-19-30(3)25-24(20)28-26(29-27(25)34)22-18-21(9-10-23(22)37-17-5-2)38(35,36)32-14-12-31(13-15-32)11-6-7-16-33;/h9-10,18-19,33H,4-8,11-17H2,1-3H3,(H,28,29,34);1H. The van der Waals surface area contributed by atoms with Gasteiger partial charge in [0.25, 0.3) is 5.56 Å². The van der Waals surface area contributed by atoms with Crippen LogP contribution in [0.15, 0.2) is 34.1 Å². The van der Waals surface area contributed by atoms with E-state index in [1.165, 1.54) is 4.31 Å². The van der Waals surface area contributed by atoms with E-state index in [9.17, 15) is 13.2 Å². The zero-order chi connectivity index (χ0) is 27.3. The molecule has 0 amide bonds. The molecule has 4 rings (SSSR count). The third-order valence-corrected chi connectivity index (χ3v) is 8.83. The van der Waals surface area contributed by atoms with Crippen molar-refractivity contribution in [2.24, 2.45) is 7.05 Å². The number of halogens is 1. The summed E-state index contributed by atoms with van der Waals surface area (Å²) >= 11 is 0. The number of aromatic nitrogens is 3. The van der Waals surface area contributed by atoms with Crippen molar-refractivity contribution in [1.82, 2.24) is 23.7 Å². The molecule has 1 fully saturated rings. The molecule has 1 aliphatic heterocycles. The topological polar surface area (TPSA) is 121 Å². The lowest BCUT2D eigenvalue weighted by Crippen LogP contribution is -2.48. The molecular weight excluding hydrogens is 542 g/mol. The molecule has 3 aromatic rings. The molecule has 0 aliphatic carbocycles. The average Bonchev–Trinajstić information content (AvgIpc) is 3.23. The number of aromatic amines is 1. The number of hydrogen-bond acceptors (Lipinski definition) is 7. The Morgan fingerprint density at radius 2 is 1.85 bits per heavy atom. The smallest absolute Gasteiger partial charge is 0.275 e. The van der Waals surface area contributed by atoms with Crippen LogP contribution in [0.3, 0.4) is 0 Å². The summed E-state index contributed by atoms with van der Waals surface area (Å²) in [5, 5.41) is 9.01. The van der Waals surface area contributed by atoms with Crippen LogP contribution in [0.1, 0.15) is 45.1 Å². The maximum Gasteiger partial charge on any atom is 0.275 e. The quantitative estimate of drug-likeness (QED) is 0.315. The highest BCUT2D eigenvalue weighted by Gasteiger charge is 2.29. The molecule has 0 radical (unpaired) electrons. The lowest BCUT2D eigenvalue weighted by atomic mass is 10.1. The SMILES string of the molecule is CCCOc1ccc(S(=O)(=O)N2CCN(CCCCO)CC2)cc1-c1nc2c(CCC)cn(C)c2c(=O)[nH]1.Cl. The van der Waals surface area contributed by atoms with Crippen LogP contribution in [0.2, 0.25) is 0 Å². The van der Waals surface area contributed by atoms with Crippen molar-refractivity contribution >= 4 is 33.5 Å². The highest BCUT2D eigenvalue weighted by Crippen LogP contribution is 2.32. The molecule has 39 heavy (non-hydrogen) atoms. The van der Waals surface area contributed by atoms with Crippen LogP contribution in [0, 0.1) is 0 Å². The number of ether oxygens (including phenoxy) is 1. The summed E-state index contributed by atoms with van der Waals surface area (Å²) < 4.78 is 36.5. The highest BCUT2D eigenvalue weighted by molar-refractivity contribution is 7.89. The minimum Gasteiger partial charge on any atom is -0.493 e. The van der Waals surface area contributed by atoms with E-state index in [0.717, 1.165) is 44.2 Å². The average molecular weight is 582 g/mol. The first-order valence-electron chi connectivity index (χ1n) is 13.5. The number of nitrogens with zero attached hydrogens (tertiary/aromatic N) is 4. The zero-order valence-corrected chi connectivity index (χ0v) is 24.6. The number of unbranched alkanes of at least 4 members (excludes halogenated alkanes) is 1. The lowest BCUT2D eigenvalue weighted by molar-refractivity contribution is 0.180. The van der Waals surface area contributed by atoms with Gasteiger partial charge in [0.1, 0.15) is 17.1 Å². The second-order valence-electron chi connectivity index (χ2n) is 9.81. The van der Waals surface area contributed by atoms with Crippen molar-refractivity contribution in [3.8, 4) is 17.1 Å². The van der Waals surface area contributed by atoms with Crippen LogP contribution >= 0.6 is 12.4 Å². The number of aliphatic hydroxyl groups is 1. The molecule has 0 saturated carbocycles. The van der Waals surface area contributed by atoms with Crippen molar-refractivity contribution in [3.05, 3.63) is 40.3 Å². The van der Waals surface area contributed by atoms with E-state index in [-0.39, 0.29) is 29.5 Å². The van der Waals surface area contributed by atoms with Crippen molar-refractivity contribution in [2.45, 2.75) is 50.8 Å². The molecule has 2 N–H and O–H groups in total. The van der Waals surface area contributed by atoms with Crippen LogP contribution in [0.25, 0.3) is 22.4 Å². The van der Waals surface area contributed by atoms with E-state index < -0.39 is 10.0 Å². The number of rotatable bonds is 12. The minimum atomic E-state index is -3.76. The van der Waals surface area contributed by atoms with Crippen molar-refractivity contribution < 1.29 is 18.3 Å². The number of nitrogens with one attached hydrogen (secondary N) is 1. The van der Waals surface area contributed by atoms with Crippen LogP contribution < -0.4 is 10.3 Å². The predicted molar refractivity (Wildman–Crippen MR) is 155 cm³/mol. The number of aryl methyl sites for hydroxylation is 2. The first kappa shape index (κ1) is 31.1. The predicted octanol–water partition coefficient (Wildman–Crippen LogP) is 3.17. The molecule has 0 unspecified atom stereocenters. The number of benzene rings is 1. The molecule has 1 aliphatic rings. The van der Waals surface area contributed by atoms with Gasteiger partial charge in [-0.05, 0) is 56.0 Å². The fourth-order valence-corrected chi connectivity index (χ4v) is 6.39. The number of hydrogen-bond donors (Lipinski definition) is 2. The summed E-state index contributed by atoms with van der Waals surface area (Å²) in [4.78, 5) is 23.1. The van der Waals surface area contributed by atoms with Gasteiger partial charge in [0.05, 0.1) is 22.6 Å². The Morgan fingerprint density at radius 1 is 1.10 bits per heavy atom. The van der Waals surface area contributed by atoms with E-state index in [1.54, 1.807) is 22.8 Å². The number of aliphatic hydroxyl groups excluding tert-OH is 1. The summed E-state index contributed by atoms with van der Waals surface area (Å²) in [6.45, 7) is 7.64. The van der Waals surface area contributed by atoms with Gasteiger partial charge in [-0.1, -0.05) is 20.3 Å². The van der Waals surface area contributed by atoms with Gasteiger partial charge in [0.15, 0.2) is 0 Å². The molecule has 0 atom stereocenters. The van der Waals surface area contributed by atoms with Crippen LogP contribution in [0.4, 0.5) is 0 Å². The fourth-order valence-electron chi connectivity index (χ4n) is 4.94. The largest absolute Gasteiger partial charge is 0.493 e. The normalized spacial score (nSPS) is 15.0. The maximum absolute atomic E-state index is 13.6. The zero-order valence-electron chi connectivity index (χ0n) is 23.0. The van der Waals surface area contributed by atoms with Crippen LogP contribution in [0.5, 0.6) is 5.75 Å². The van der Waals surface area contributed by atoms with E-state index >= 15 is 0 Å². The molecule has 2 aromatic heterocycles. The fraction of sp³-hybridized carbons (Fsp3) is 0.556.